The number of hydrogen-bond acceptors (Lipinski definition) is 5. The Labute approximate surface area is 112 Å². The third kappa shape index (κ3) is 5.79. The summed E-state index contributed by atoms with van der Waals surface area (Å²) >= 11 is 0. The Hall–Kier alpha value is -1.48. The van der Waals surface area contributed by atoms with Crippen molar-refractivity contribution in [3.05, 3.63) is 11.6 Å². The standard InChI is InChI=1S/C10H19N5O3S/c1-7(2)8-13-9(15-14-8)10(16)11-5-4-6-12-19(3,17)18/h7,12H,4-6H2,1-3H3,(H,11,16)(H,13,14,15). The molecule has 0 radical (unpaired) electrons. The summed E-state index contributed by atoms with van der Waals surface area (Å²) in [7, 11) is -3.18. The highest BCUT2D eigenvalue weighted by atomic mass is 32.2. The van der Waals surface area contributed by atoms with Crippen molar-refractivity contribution >= 4 is 15.9 Å². The van der Waals surface area contributed by atoms with Crippen molar-refractivity contribution in [3.63, 3.8) is 0 Å². The maximum absolute atomic E-state index is 11.6. The van der Waals surface area contributed by atoms with Crippen LogP contribution in [0.2, 0.25) is 0 Å². The normalized spacial score (nSPS) is 11.8. The molecule has 0 bridgehead atoms. The van der Waals surface area contributed by atoms with Gasteiger partial charge in [-0.05, 0) is 6.42 Å². The third-order valence-electron chi connectivity index (χ3n) is 2.26. The molecule has 0 aliphatic carbocycles. The van der Waals surface area contributed by atoms with E-state index in [1.807, 2.05) is 13.8 Å². The summed E-state index contributed by atoms with van der Waals surface area (Å²) in [4.78, 5) is 15.7. The fourth-order valence-electron chi connectivity index (χ4n) is 1.26. The number of carbonyl (C=O) groups is 1. The van der Waals surface area contributed by atoms with Gasteiger partial charge in [0.1, 0.15) is 5.82 Å². The van der Waals surface area contributed by atoms with Crippen LogP contribution in [0, 0.1) is 0 Å². The van der Waals surface area contributed by atoms with E-state index in [4.69, 9.17) is 0 Å². The topological polar surface area (TPSA) is 117 Å². The van der Waals surface area contributed by atoms with Crippen molar-refractivity contribution in [1.82, 2.24) is 25.2 Å². The van der Waals surface area contributed by atoms with Gasteiger partial charge in [0, 0.05) is 19.0 Å². The van der Waals surface area contributed by atoms with Crippen molar-refractivity contribution in [2.75, 3.05) is 19.3 Å². The van der Waals surface area contributed by atoms with Gasteiger partial charge in [-0.1, -0.05) is 13.8 Å². The number of rotatable bonds is 7. The lowest BCUT2D eigenvalue weighted by Crippen LogP contribution is -2.29. The number of nitrogens with one attached hydrogen (secondary N) is 3. The highest BCUT2D eigenvalue weighted by Crippen LogP contribution is 2.07. The number of carbonyl (C=O) groups excluding carboxylic acids is 1. The Kier molecular flexibility index (Phi) is 5.43. The number of aromatic amines is 1. The molecule has 19 heavy (non-hydrogen) atoms. The fraction of sp³-hybridized carbons (Fsp3) is 0.700. The van der Waals surface area contributed by atoms with E-state index in [1.165, 1.54) is 0 Å². The summed E-state index contributed by atoms with van der Waals surface area (Å²) < 4.78 is 23.9. The summed E-state index contributed by atoms with van der Waals surface area (Å²) in [5.74, 6) is 0.555. The summed E-state index contributed by atoms with van der Waals surface area (Å²) in [5.41, 5.74) is 0. The molecule has 3 N–H and O–H groups in total. The number of aromatic nitrogens is 3. The first-order valence-corrected chi connectivity index (χ1v) is 7.84. The average Bonchev–Trinajstić information content (AvgIpc) is 2.76. The quantitative estimate of drug-likeness (QED) is 0.590. The van der Waals surface area contributed by atoms with Crippen LogP contribution in [0.3, 0.4) is 0 Å². The van der Waals surface area contributed by atoms with Crippen LogP contribution in [0.1, 0.15) is 42.6 Å². The van der Waals surface area contributed by atoms with Crippen molar-refractivity contribution in [3.8, 4) is 0 Å². The van der Waals surface area contributed by atoms with Gasteiger partial charge in [0.15, 0.2) is 0 Å². The van der Waals surface area contributed by atoms with Crippen LogP contribution in [-0.4, -0.2) is 48.9 Å². The Balaban J connectivity index is 2.31. The molecule has 0 saturated carbocycles. The van der Waals surface area contributed by atoms with E-state index in [-0.39, 0.29) is 24.2 Å². The first-order valence-electron chi connectivity index (χ1n) is 5.94. The van der Waals surface area contributed by atoms with E-state index < -0.39 is 10.0 Å². The zero-order valence-corrected chi connectivity index (χ0v) is 12.0. The molecule has 1 amide bonds. The zero-order valence-electron chi connectivity index (χ0n) is 11.2. The smallest absolute Gasteiger partial charge is 0.290 e. The molecule has 0 atom stereocenters. The molecule has 1 heterocycles. The summed E-state index contributed by atoms with van der Waals surface area (Å²) in [6, 6.07) is 0. The first-order chi connectivity index (χ1) is 8.79. The van der Waals surface area contributed by atoms with E-state index in [1.54, 1.807) is 0 Å². The lowest BCUT2D eigenvalue weighted by Gasteiger charge is -2.03. The highest BCUT2D eigenvalue weighted by Gasteiger charge is 2.13. The molecule has 8 nitrogen and oxygen atoms in total. The van der Waals surface area contributed by atoms with E-state index in [2.05, 4.69) is 25.2 Å². The number of sulfonamides is 1. The van der Waals surface area contributed by atoms with Crippen LogP contribution < -0.4 is 10.0 Å². The lowest BCUT2D eigenvalue weighted by atomic mass is 10.2. The summed E-state index contributed by atoms with van der Waals surface area (Å²) in [5, 5.41) is 9.13. The number of amides is 1. The minimum atomic E-state index is -3.18. The molecule has 1 aromatic heterocycles. The van der Waals surface area contributed by atoms with E-state index in [0.29, 0.717) is 18.8 Å². The van der Waals surface area contributed by atoms with E-state index in [0.717, 1.165) is 6.26 Å². The molecular weight excluding hydrogens is 270 g/mol. The molecule has 0 saturated heterocycles. The minimum absolute atomic E-state index is 0.0970. The van der Waals surface area contributed by atoms with Gasteiger partial charge in [-0.15, -0.1) is 5.10 Å². The van der Waals surface area contributed by atoms with Crippen molar-refractivity contribution < 1.29 is 13.2 Å². The second-order valence-corrected chi connectivity index (χ2v) is 6.31. The van der Waals surface area contributed by atoms with Crippen molar-refractivity contribution in [1.29, 1.82) is 0 Å². The van der Waals surface area contributed by atoms with Crippen molar-refractivity contribution in [2.45, 2.75) is 26.2 Å². The van der Waals surface area contributed by atoms with Gasteiger partial charge < -0.3 is 5.32 Å². The van der Waals surface area contributed by atoms with Gasteiger partial charge in [0.25, 0.3) is 5.91 Å². The van der Waals surface area contributed by atoms with Crippen LogP contribution in [0.4, 0.5) is 0 Å². The minimum Gasteiger partial charge on any atom is -0.349 e. The van der Waals surface area contributed by atoms with Crippen LogP contribution >= 0.6 is 0 Å². The lowest BCUT2D eigenvalue weighted by molar-refractivity contribution is 0.0943. The molecule has 0 aliphatic heterocycles. The predicted octanol–water partition coefficient (Wildman–Crippen LogP) is -0.403. The van der Waals surface area contributed by atoms with E-state index >= 15 is 0 Å². The monoisotopic (exact) mass is 289 g/mol. The summed E-state index contributed by atoms with van der Waals surface area (Å²) in [6.45, 7) is 4.52. The van der Waals surface area contributed by atoms with Gasteiger partial charge in [-0.2, -0.15) is 0 Å². The first kappa shape index (κ1) is 15.6. The molecule has 0 unspecified atom stereocenters. The van der Waals surface area contributed by atoms with Crippen molar-refractivity contribution in [2.24, 2.45) is 0 Å². The third-order valence-corrected chi connectivity index (χ3v) is 2.98. The zero-order chi connectivity index (χ0) is 14.5. The maximum Gasteiger partial charge on any atom is 0.290 e. The Morgan fingerprint density at radius 3 is 2.58 bits per heavy atom. The van der Waals surface area contributed by atoms with Crippen LogP contribution in [0.25, 0.3) is 0 Å². The molecule has 9 heteroatoms. The molecule has 0 aliphatic rings. The van der Waals surface area contributed by atoms with Gasteiger partial charge in [-0.25, -0.2) is 18.1 Å². The van der Waals surface area contributed by atoms with Crippen LogP contribution in [-0.2, 0) is 10.0 Å². The molecular formula is C10H19N5O3S. The Morgan fingerprint density at radius 1 is 1.37 bits per heavy atom. The molecule has 108 valence electrons. The second kappa shape index (κ2) is 6.62. The van der Waals surface area contributed by atoms with Crippen LogP contribution in [0.5, 0.6) is 0 Å². The van der Waals surface area contributed by atoms with Gasteiger partial charge in [0.05, 0.1) is 6.26 Å². The largest absolute Gasteiger partial charge is 0.349 e. The Morgan fingerprint density at radius 2 is 2.05 bits per heavy atom. The molecule has 0 spiro atoms. The summed E-state index contributed by atoms with van der Waals surface area (Å²) in [6.07, 6.45) is 1.59. The van der Waals surface area contributed by atoms with E-state index in [9.17, 15) is 13.2 Å². The fourth-order valence-corrected chi connectivity index (χ4v) is 1.78. The maximum atomic E-state index is 11.6. The molecule has 0 aromatic carbocycles. The van der Waals surface area contributed by atoms with Gasteiger partial charge in [0.2, 0.25) is 15.8 Å². The molecule has 1 rings (SSSR count). The SMILES string of the molecule is CC(C)c1nc(C(=O)NCCCNS(C)(=O)=O)n[nH]1. The van der Waals surface area contributed by atoms with Gasteiger partial charge in [-0.3, -0.25) is 9.89 Å². The van der Waals surface area contributed by atoms with Crippen LogP contribution in [0.15, 0.2) is 0 Å². The average molecular weight is 289 g/mol. The molecule has 0 fully saturated rings. The van der Waals surface area contributed by atoms with Gasteiger partial charge >= 0.3 is 0 Å². The number of H-pyrrole nitrogens is 1. The number of hydrogen-bond donors (Lipinski definition) is 3. The number of nitrogens with zero attached hydrogens (tertiary/aromatic N) is 2. The molecule has 1 aromatic rings. The predicted molar refractivity (Wildman–Crippen MR) is 70.3 cm³/mol. The highest BCUT2D eigenvalue weighted by molar-refractivity contribution is 7.88. The second-order valence-electron chi connectivity index (χ2n) is 4.47. The Bertz CT molecular complexity index is 523.